The van der Waals surface area contributed by atoms with Crippen LogP contribution >= 0.6 is 11.6 Å². The Morgan fingerprint density at radius 2 is 1.64 bits per heavy atom. The number of nitrogens with one attached hydrogen (secondary N) is 2. The molecule has 2 rings (SSSR count). The zero-order chi connectivity index (χ0) is 18.6. The standard InChI is InChI=1S/C16H17ClN2O5S/c1-23-14-9-10(8-13(17)15(14)24-2)16(20)18-11-4-6-12(7-5-11)19-25(3,21)22/h4-9,19H,1-3H3,(H,18,20). The van der Waals surface area contributed by atoms with Crippen LogP contribution < -0.4 is 19.5 Å². The van der Waals surface area contributed by atoms with Gasteiger partial charge in [-0.2, -0.15) is 0 Å². The van der Waals surface area contributed by atoms with E-state index in [1.165, 1.54) is 38.5 Å². The number of amides is 1. The highest BCUT2D eigenvalue weighted by Gasteiger charge is 2.15. The molecular weight excluding hydrogens is 368 g/mol. The molecule has 7 nitrogen and oxygen atoms in total. The molecule has 25 heavy (non-hydrogen) atoms. The topological polar surface area (TPSA) is 93.7 Å². The molecular formula is C16H17ClN2O5S. The highest BCUT2D eigenvalue weighted by atomic mass is 35.5. The lowest BCUT2D eigenvalue weighted by molar-refractivity contribution is 0.102. The van der Waals surface area contributed by atoms with Crippen LogP contribution in [0.3, 0.4) is 0 Å². The third-order valence-electron chi connectivity index (χ3n) is 3.14. The summed E-state index contributed by atoms with van der Waals surface area (Å²) in [5.74, 6) is 0.288. The van der Waals surface area contributed by atoms with Gasteiger partial charge in [0.05, 0.1) is 25.5 Å². The summed E-state index contributed by atoms with van der Waals surface area (Å²) in [7, 11) is -0.451. The first-order valence-corrected chi connectivity index (χ1v) is 9.31. The largest absolute Gasteiger partial charge is 0.493 e. The number of hydrogen-bond acceptors (Lipinski definition) is 5. The van der Waals surface area contributed by atoms with Crippen molar-refractivity contribution in [3.63, 3.8) is 0 Å². The van der Waals surface area contributed by atoms with Crippen LogP contribution in [0, 0.1) is 0 Å². The van der Waals surface area contributed by atoms with Crippen LogP contribution in [0.2, 0.25) is 5.02 Å². The molecule has 134 valence electrons. The highest BCUT2D eigenvalue weighted by Crippen LogP contribution is 2.36. The number of sulfonamides is 1. The van der Waals surface area contributed by atoms with E-state index in [9.17, 15) is 13.2 Å². The fraction of sp³-hybridized carbons (Fsp3) is 0.188. The molecule has 2 aromatic carbocycles. The Labute approximate surface area is 151 Å². The van der Waals surface area contributed by atoms with Crippen molar-refractivity contribution in [3.05, 3.63) is 47.0 Å². The molecule has 9 heteroatoms. The summed E-state index contributed by atoms with van der Waals surface area (Å²) in [4.78, 5) is 12.4. The summed E-state index contributed by atoms with van der Waals surface area (Å²) in [6.07, 6.45) is 1.06. The number of hydrogen-bond donors (Lipinski definition) is 2. The number of carbonyl (C=O) groups is 1. The third-order valence-corrected chi connectivity index (χ3v) is 4.03. The van der Waals surface area contributed by atoms with Gasteiger partial charge in [0, 0.05) is 16.9 Å². The minimum atomic E-state index is -3.35. The quantitative estimate of drug-likeness (QED) is 0.798. The first kappa shape index (κ1) is 18.9. The number of halogens is 1. The van der Waals surface area contributed by atoms with Gasteiger partial charge in [-0.3, -0.25) is 9.52 Å². The van der Waals surface area contributed by atoms with Crippen molar-refractivity contribution in [3.8, 4) is 11.5 Å². The Balaban J connectivity index is 2.18. The predicted molar refractivity (Wildman–Crippen MR) is 97.4 cm³/mol. The van der Waals surface area contributed by atoms with E-state index in [4.69, 9.17) is 21.1 Å². The second kappa shape index (κ2) is 7.62. The Bertz CT molecular complexity index is 882. The summed E-state index contributed by atoms with van der Waals surface area (Å²) in [6, 6.07) is 9.22. The number of anilines is 2. The van der Waals surface area contributed by atoms with Crippen molar-refractivity contribution >= 4 is 38.9 Å². The number of methoxy groups -OCH3 is 2. The monoisotopic (exact) mass is 384 g/mol. The van der Waals surface area contributed by atoms with Crippen molar-refractivity contribution in [2.45, 2.75) is 0 Å². The number of ether oxygens (including phenoxy) is 2. The minimum absolute atomic E-state index is 0.250. The van der Waals surface area contributed by atoms with E-state index in [-0.39, 0.29) is 5.02 Å². The minimum Gasteiger partial charge on any atom is -0.493 e. The van der Waals surface area contributed by atoms with Crippen molar-refractivity contribution in [2.24, 2.45) is 0 Å². The second-order valence-corrected chi connectivity index (χ2v) is 7.25. The second-order valence-electron chi connectivity index (χ2n) is 5.10. The Morgan fingerprint density at radius 1 is 1.04 bits per heavy atom. The lowest BCUT2D eigenvalue weighted by Gasteiger charge is -2.12. The summed E-state index contributed by atoms with van der Waals surface area (Å²) in [5, 5.41) is 2.94. The maximum atomic E-state index is 12.4. The molecule has 2 N–H and O–H groups in total. The van der Waals surface area contributed by atoms with Crippen LogP contribution in [-0.4, -0.2) is 34.8 Å². The molecule has 0 aliphatic rings. The van der Waals surface area contributed by atoms with Crippen LogP contribution in [0.25, 0.3) is 0 Å². The van der Waals surface area contributed by atoms with Crippen LogP contribution in [0.4, 0.5) is 11.4 Å². The molecule has 0 saturated carbocycles. The van der Waals surface area contributed by atoms with Gasteiger partial charge in [-0.1, -0.05) is 11.6 Å². The molecule has 0 saturated heterocycles. The van der Waals surface area contributed by atoms with Crippen LogP contribution in [0.1, 0.15) is 10.4 Å². The molecule has 0 fully saturated rings. The van der Waals surface area contributed by atoms with Crippen LogP contribution in [0.5, 0.6) is 11.5 Å². The number of carbonyl (C=O) groups excluding carboxylic acids is 1. The molecule has 0 radical (unpaired) electrons. The van der Waals surface area contributed by atoms with E-state index < -0.39 is 15.9 Å². The highest BCUT2D eigenvalue weighted by molar-refractivity contribution is 7.92. The zero-order valence-corrected chi connectivity index (χ0v) is 15.4. The molecule has 0 aliphatic heterocycles. The van der Waals surface area contributed by atoms with Gasteiger partial charge in [-0.15, -0.1) is 0 Å². The summed E-state index contributed by atoms with van der Waals surface area (Å²) in [6.45, 7) is 0. The third kappa shape index (κ3) is 5.01. The van der Waals surface area contributed by atoms with Gasteiger partial charge in [0.2, 0.25) is 10.0 Å². The van der Waals surface area contributed by atoms with Gasteiger partial charge in [-0.05, 0) is 36.4 Å². The van der Waals surface area contributed by atoms with Gasteiger partial charge in [-0.25, -0.2) is 8.42 Å². The van der Waals surface area contributed by atoms with Crippen LogP contribution in [0.15, 0.2) is 36.4 Å². The average molecular weight is 385 g/mol. The molecule has 0 unspecified atom stereocenters. The summed E-state index contributed by atoms with van der Waals surface area (Å²) < 4.78 is 35.0. The lowest BCUT2D eigenvalue weighted by atomic mass is 10.1. The van der Waals surface area contributed by atoms with E-state index in [0.29, 0.717) is 28.4 Å². The maximum absolute atomic E-state index is 12.4. The van der Waals surface area contributed by atoms with Gasteiger partial charge in [0.15, 0.2) is 11.5 Å². The first-order chi connectivity index (χ1) is 11.7. The molecule has 0 spiro atoms. The first-order valence-electron chi connectivity index (χ1n) is 7.04. The molecule has 0 aliphatic carbocycles. The van der Waals surface area contributed by atoms with Crippen molar-refractivity contribution < 1.29 is 22.7 Å². The zero-order valence-electron chi connectivity index (χ0n) is 13.8. The van der Waals surface area contributed by atoms with Gasteiger partial charge < -0.3 is 14.8 Å². The van der Waals surface area contributed by atoms with Gasteiger partial charge in [0.1, 0.15) is 0 Å². The molecule has 2 aromatic rings. The van der Waals surface area contributed by atoms with Crippen molar-refractivity contribution in [1.29, 1.82) is 0 Å². The normalized spacial score (nSPS) is 10.9. The molecule has 0 bridgehead atoms. The Kier molecular flexibility index (Phi) is 5.76. The van der Waals surface area contributed by atoms with E-state index in [2.05, 4.69) is 10.0 Å². The van der Waals surface area contributed by atoms with Gasteiger partial charge >= 0.3 is 0 Å². The van der Waals surface area contributed by atoms with E-state index in [0.717, 1.165) is 6.26 Å². The van der Waals surface area contributed by atoms with E-state index in [1.54, 1.807) is 12.1 Å². The van der Waals surface area contributed by atoms with Gasteiger partial charge in [0.25, 0.3) is 5.91 Å². The smallest absolute Gasteiger partial charge is 0.255 e. The van der Waals surface area contributed by atoms with E-state index >= 15 is 0 Å². The molecule has 1 amide bonds. The van der Waals surface area contributed by atoms with Crippen molar-refractivity contribution in [2.75, 3.05) is 30.5 Å². The fourth-order valence-corrected chi connectivity index (χ4v) is 2.94. The summed E-state index contributed by atoms with van der Waals surface area (Å²) >= 11 is 6.09. The van der Waals surface area contributed by atoms with E-state index in [1.807, 2.05) is 0 Å². The summed E-state index contributed by atoms with van der Waals surface area (Å²) in [5.41, 5.74) is 1.19. The fourth-order valence-electron chi connectivity index (χ4n) is 2.09. The predicted octanol–water partition coefficient (Wildman–Crippen LogP) is 2.98. The number of benzene rings is 2. The van der Waals surface area contributed by atoms with Crippen molar-refractivity contribution in [1.82, 2.24) is 0 Å². The lowest BCUT2D eigenvalue weighted by Crippen LogP contribution is -2.13. The molecule has 0 heterocycles. The maximum Gasteiger partial charge on any atom is 0.255 e. The SMILES string of the molecule is COc1cc(C(=O)Nc2ccc(NS(C)(=O)=O)cc2)cc(Cl)c1OC. The average Bonchev–Trinajstić information content (AvgIpc) is 2.54. The molecule has 0 atom stereocenters. The Morgan fingerprint density at radius 3 is 2.16 bits per heavy atom. The number of rotatable bonds is 6. The molecule has 0 aromatic heterocycles. The Hall–Kier alpha value is -2.45. The van der Waals surface area contributed by atoms with Crippen LogP contribution in [-0.2, 0) is 10.0 Å².